The SMILES string of the molecule is Cc1ccncc1C(=O)N1C[C@H](c2cccc(F)c2F)[C@H]2[C@@H]1C1CCN2CC1. The number of benzene rings is 1. The molecule has 5 heterocycles. The molecule has 0 spiro atoms. The van der Waals surface area contributed by atoms with Gasteiger partial charge in [-0.2, -0.15) is 0 Å². The Labute approximate surface area is 163 Å². The molecule has 4 saturated heterocycles. The molecule has 0 aliphatic carbocycles. The van der Waals surface area contributed by atoms with Gasteiger partial charge in [0.2, 0.25) is 0 Å². The van der Waals surface area contributed by atoms with E-state index in [1.165, 1.54) is 0 Å². The van der Waals surface area contributed by atoms with Crippen LogP contribution in [-0.4, -0.2) is 52.4 Å². The van der Waals surface area contributed by atoms with Crippen LogP contribution in [0.15, 0.2) is 36.7 Å². The number of fused-ring (bicyclic) bond motifs is 2. The molecular weight excluding hydrogens is 360 g/mol. The van der Waals surface area contributed by atoms with Crippen molar-refractivity contribution in [2.75, 3.05) is 19.6 Å². The lowest BCUT2D eigenvalue weighted by molar-refractivity contribution is -0.00362. The summed E-state index contributed by atoms with van der Waals surface area (Å²) in [5.74, 6) is -1.45. The highest BCUT2D eigenvalue weighted by Gasteiger charge is 2.55. The van der Waals surface area contributed by atoms with E-state index in [-0.39, 0.29) is 23.9 Å². The van der Waals surface area contributed by atoms with E-state index in [4.69, 9.17) is 0 Å². The Morgan fingerprint density at radius 2 is 1.93 bits per heavy atom. The fourth-order valence-corrected chi connectivity index (χ4v) is 5.58. The van der Waals surface area contributed by atoms with E-state index in [1.54, 1.807) is 24.5 Å². The molecule has 1 aromatic carbocycles. The summed E-state index contributed by atoms with van der Waals surface area (Å²) in [6, 6.07) is 6.32. The number of rotatable bonds is 2. The minimum absolute atomic E-state index is 0.0438. The highest BCUT2D eigenvalue weighted by Crippen LogP contribution is 2.47. The van der Waals surface area contributed by atoms with Crippen LogP contribution < -0.4 is 0 Å². The average molecular weight is 383 g/mol. The molecule has 4 nitrogen and oxygen atoms in total. The van der Waals surface area contributed by atoms with Gasteiger partial charge in [0.05, 0.1) is 11.6 Å². The smallest absolute Gasteiger partial charge is 0.256 e. The summed E-state index contributed by atoms with van der Waals surface area (Å²) in [6.07, 6.45) is 5.40. The summed E-state index contributed by atoms with van der Waals surface area (Å²) in [5, 5.41) is 0. The lowest BCUT2D eigenvalue weighted by Crippen LogP contribution is -2.60. The van der Waals surface area contributed by atoms with Gasteiger partial charge in [0, 0.05) is 30.9 Å². The van der Waals surface area contributed by atoms with E-state index in [1.807, 2.05) is 17.9 Å². The number of hydrogen-bond donors (Lipinski definition) is 0. The summed E-state index contributed by atoms with van der Waals surface area (Å²) < 4.78 is 28.6. The average Bonchev–Trinajstić information content (AvgIpc) is 3.13. The first-order chi connectivity index (χ1) is 13.6. The van der Waals surface area contributed by atoms with Crippen LogP contribution in [-0.2, 0) is 0 Å². The minimum Gasteiger partial charge on any atom is -0.333 e. The molecule has 146 valence electrons. The molecule has 2 bridgehead atoms. The number of carbonyl (C=O) groups excluding carboxylic acids is 1. The largest absolute Gasteiger partial charge is 0.333 e. The topological polar surface area (TPSA) is 36.4 Å². The van der Waals surface area contributed by atoms with Gasteiger partial charge >= 0.3 is 0 Å². The first-order valence-corrected chi connectivity index (χ1v) is 9.96. The van der Waals surface area contributed by atoms with Gasteiger partial charge < -0.3 is 4.90 Å². The summed E-state index contributed by atoms with van der Waals surface area (Å²) in [6.45, 7) is 4.25. The molecule has 6 heteroatoms. The standard InChI is InChI=1S/C22H23F2N3O/c1-13-5-8-25-11-16(13)22(28)27-12-17(15-3-2-4-18(23)19(15)24)21-20(27)14-6-9-26(21)10-7-14/h2-5,8,11,14,17,20-21H,6-7,9-10,12H2,1H3/t17-,20+,21+/m1/s1. The van der Waals surface area contributed by atoms with Crippen molar-refractivity contribution < 1.29 is 13.6 Å². The number of nitrogens with zero attached hydrogens (tertiary/aromatic N) is 3. The van der Waals surface area contributed by atoms with E-state index < -0.39 is 11.6 Å². The maximum absolute atomic E-state index is 14.7. The molecule has 2 aromatic rings. The zero-order valence-electron chi connectivity index (χ0n) is 15.8. The molecule has 0 saturated carbocycles. The molecule has 0 N–H and O–H groups in total. The zero-order chi connectivity index (χ0) is 19.4. The number of carbonyl (C=O) groups is 1. The molecule has 4 fully saturated rings. The predicted octanol–water partition coefficient (Wildman–Crippen LogP) is 3.37. The van der Waals surface area contributed by atoms with Crippen molar-refractivity contribution in [2.24, 2.45) is 5.92 Å². The number of aryl methyl sites for hydroxylation is 1. The molecule has 28 heavy (non-hydrogen) atoms. The Bertz CT molecular complexity index is 926. The number of likely N-dealkylation sites (tertiary alicyclic amines) is 1. The normalized spacial score (nSPS) is 31.1. The highest BCUT2D eigenvalue weighted by atomic mass is 19.2. The van der Waals surface area contributed by atoms with Gasteiger partial charge in [-0.1, -0.05) is 12.1 Å². The van der Waals surface area contributed by atoms with Crippen molar-refractivity contribution in [3.63, 3.8) is 0 Å². The third kappa shape index (κ3) is 2.58. The number of hydrogen-bond acceptors (Lipinski definition) is 3. The molecule has 3 atom stereocenters. The molecule has 4 aliphatic rings. The summed E-state index contributed by atoms with van der Waals surface area (Å²) >= 11 is 0. The Hall–Kier alpha value is -2.34. The van der Waals surface area contributed by atoms with Crippen LogP contribution in [0.25, 0.3) is 0 Å². The Morgan fingerprint density at radius 3 is 2.68 bits per heavy atom. The van der Waals surface area contributed by atoms with Crippen LogP contribution >= 0.6 is 0 Å². The second kappa shape index (κ2) is 6.62. The predicted molar refractivity (Wildman–Crippen MR) is 101 cm³/mol. The van der Waals surface area contributed by atoms with Crippen molar-refractivity contribution in [2.45, 2.75) is 37.8 Å². The van der Waals surface area contributed by atoms with Crippen molar-refractivity contribution in [1.29, 1.82) is 0 Å². The minimum atomic E-state index is -0.821. The second-order valence-corrected chi connectivity index (χ2v) is 8.25. The Morgan fingerprint density at radius 1 is 1.14 bits per heavy atom. The second-order valence-electron chi connectivity index (χ2n) is 8.25. The molecule has 0 radical (unpaired) electrons. The van der Waals surface area contributed by atoms with Crippen LogP contribution in [0, 0.1) is 24.5 Å². The molecular formula is C22H23F2N3O. The van der Waals surface area contributed by atoms with E-state index in [2.05, 4.69) is 9.88 Å². The van der Waals surface area contributed by atoms with Gasteiger partial charge in [-0.05, 0) is 62.0 Å². The quantitative estimate of drug-likeness (QED) is 0.798. The molecule has 0 unspecified atom stereocenters. The van der Waals surface area contributed by atoms with Gasteiger partial charge in [0.25, 0.3) is 5.91 Å². The number of halogens is 2. The van der Waals surface area contributed by atoms with Gasteiger partial charge in [-0.15, -0.1) is 0 Å². The number of piperidine rings is 3. The Balaban J connectivity index is 1.57. The number of amides is 1. The van der Waals surface area contributed by atoms with E-state index in [9.17, 15) is 13.6 Å². The lowest BCUT2D eigenvalue weighted by Gasteiger charge is -2.51. The molecule has 4 aliphatic heterocycles. The molecule has 6 rings (SSSR count). The zero-order valence-corrected chi connectivity index (χ0v) is 15.8. The lowest BCUT2D eigenvalue weighted by atomic mass is 9.75. The van der Waals surface area contributed by atoms with E-state index >= 15 is 0 Å². The van der Waals surface area contributed by atoms with E-state index in [0.29, 0.717) is 23.6 Å². The number of pyridine rings is 1. The monoisotopic (exact) mass is 383 g/mol. The van der Waals surface area contributed by atoms with Crippen LogP contribution in [0.1, 0.15) is 40.2 Å². The third-order valence-corrected chi connectivity index (χ3v) is 6.91. The van der Waals surface area contributed by atoms with Crippen LogP contribution in [0.5, 0.6) is 0 Å². The van der Waals surface area contributed by atoms with Gasteiger partial charge in [0.1, 0.15) is 0 Å². The van der Waals surface area contributed by atoms with Crippen molar-refractivity contribution in [3.8, 4) is 0 Å². The third-order valence-electron chi connectivity index (χ3n) is 6.91. The summed E-state index contributed by atoms with van der Waals surface area (Å²) in [5.41, 5.74) is 1.87. The highest BCUT2D eigenvalue weighted by molar-refractivity contribution is 5.96. The maximum Gasteiger partial charge on any atom is 0.256 e. The maximum atomic E-state index is 14.7. The van der Waals surface area contributed by atoms with E-state index in [0.717, 1.165) is 37.6 Å². The number of aromatic nitrogens is 1. The molecule has 1 aromatic heterocycles. The summed E-state index contributed by atoms with van der Waals surface area (Å²) in [4.78, 5) is 21.8. The van der Waals surface area contributed by atoms with Gasteiger partial charge in [-0.3, -0.25) is 14.7 Å². The van der Waals surface area contributed by atoms with Crippen LogP contribution in [0.4, 0.5) is 8.78 Å². The van der Waals surface area contributed by atoms with Crippen LogP contribution in [0.3, 0.4) is 0 Å². The summed E-state index contributed by atoms with van der Waals surface area (Å²) in [7, 11) is 0. The fraction of sp³-hybridized carbons (Fsp3) is 0.455. The van der Waals surface area contributed by atoms with Crippen molar-refractivity contribution in [1.82, 2.24) is 14.8 Å². The fourth-order valence-electron chi connectivity index (χ4n) is 5.58. The van der Waals surface area contributed by atoms with Crippen LogP contribution in [0.2, 0.25) is 0 Å². The first-order valence-electron chi connectivity index (χ1n) is 9.96. The van der Waals surface area contributed by atoms with Gasteiger partial charge in [-0.25, -0.2) is 8.78 Å². The van der Waals surface area contributed by atoms with Crippen molar-refractivity contribution >= 4 is 5.91 Å². The molecule has 1 amide bonds. The van der Waals surface area contributed by atoms with Gasteiger partial charge in [0.15, 0.2) is 11.6 Å². The van der Waals surface area contributed by atoms with Crippen molar-refractivity contribution in [3.05, 3.63) is 65.0 Å². The first kappa shape index (κ1) is 17.7. The Kier molecular flexibility index (Phi) is 4.19.